The number of hydrogen-bond acceptors (Lipinski definition) is 2. The molecular weight excluding hydrogens is 240 g/mol. The number of nitrogens with one attached hydrogen (secondary N) is 1. The highest BCUT2D eigenvalue weighted by atomic mass is 16.2. The third-order valence-corrected chi connectivity index (χ3v) is 3.42. The van der Waals surface area contributed by atoms with E-state index in [2.05, 4.69) is 17.4 Å². The van der Waals surface area contributed by atoms with Gasteiger partial charge in [0.15, 0.2) is 0 Å². The van der Waals surface area contributed by atoms with Crippen molar-refractivity contribution in [2.24, 2.45) is 0 Å². The van der Waals surface area contributed by atoms with E-state index in [0.29, 0.717) is 13.0 Å². The summed E-state index contributed by atoms with van der Waals surface area (Å²) in [6, 6.07) is 9.86. The maximum absolute atomic E-state index is 12.1. The zero-order valence-corrected chi connectivity index (χ0v) is 11.3. The van der Waals surface area contributed by atoms with Crippen molar-refractivity contribution in [3.8, 4) is 0 Å². The molecule has 4 heteroatoms. The summed E-state index contributed by atoms with van der Waals surface area (Å²) in [6.07, 6.45) is 2.47. The van der Waals surface area contributed by atoms with Gasteiger partial charge in [0, 0.05) is 6.54 Å². The lowest BCUT2D eigenvalue weighted by Gasteiger charge is -2.32. The fraction of sp³-hybridized carbons (Fsp3) is 0.467. The van der Waals surface area contributed by atoms with E-state index in [1.54, 1.807) is 4.90 Å². The van der Waals surface area contributed by atoms with Gasteiger partial charge >= 0.3 is 0 Å². The number of piperazine rings is 1. The Morgan fingerprint density at radius 1 is 1.26 bits per heavy atom. The molecule has 1 saturated heterocycles. The van der Waals surface area contributed by atoms with Crippen LogP contribution < -0.4 is 5.32 Å². The first-order valence-corrected chi connectivity index (χ1v) is 6.82. The number of aryl methyl sites for hydroxylation is 1. The lowest BCUT2D eigenvalue weighted by atomic mass is 10.1. The number of rotatable bonds is 5. The second-order valence-corrected chi connectivity index (χ2v) is 4.88. The van der Waals surface area contributed by atoms with Crippen molar-refractivity contribution in [1.29, 1.82) is 0 Å². The van der Waals surface area contributed by atoms with Crippen molar-refractivity contribution in [2.75, 3.05) is 13.1 Å². The molecule has 1 aromatic rings. The fourth-order valence-electron chi connectivity index (χ4n) is 2.36. The van der Waals surface area contributed by atoms with Gasteiger partial charge in [-0.25, -0.2) is 0 Å². The Kier molecular flexibility index (Phi) is 4.55. The van der Waals surface area contributed by atoms with Crippen LogP contribution >= 0.6 is 0 Å². The summed E-state index contributed by atoms with van der Waals surface area (Å²) >= 11 is 0. The second kappa shape index (κ2) is 6.36. The Hall–Kier alpha value is -1.84. The first-order valence-electron chi connectivity index (χ1n) is 6.82. The van der Waals surface area contributed by atoms with Crippen molar-refractivity contribution < 1.29 is 9.59 Å². The standard InChI is InChI=1S/C15H20N2O2/c1-2-13-15(19)17(11-14(18)16-13)10-6-9-12-7-4-3-5-8-12/h3-5,7-8,13H,2,6,9-11H2,1H3,(H,16,18). The maximum Gasteiger partial charge on any atom is 0.245 e. The van der Waals surface area contributed by atoms with Crippen LogP contribution in [0.2, 0.25) is 0 Å². The summed E-state index contributed by atoms with van der Waals surface area (Å²) in [5.74, 6) is 0.00122. The molecule has 1 unspecified atom stereocenters. The van der Waals surface area contributed by atoms with E-state index in [1.807, 2.05) is 25.1 Å². The molecule has 2 amide bonds. The summed E-state index contributed by atoms with van der Waals surface area (Å²) in [5.41, 5.74) is 1.27. The van der Waals surface area contributed by atoms with Crippen LogP contribution in [0, 0.1) is 0 Å². The van der Waals surface area contributed by atoms with Crippen LogP contribution in [0.1, 0.15) is 25.3 Å². The Morgan fingerprint density at radius 3 is 2.68 bits per heavy atom. The van der Waals surface area contributed by atoms with E-state index in [1.165, 1.54) is 5.56 Å². The van der Waals surface area contributed by atoms with Gasteiger partial charge in [-0.2, -0.15) is 0 Å². The first-order chi connectivity index (χ1) is 9.20. The quantitative estimate of drug-likeness (QED) is 0.869. The maximum atomic E-state index is 12.1. The summed E-state index contributed by atoms with van der Waals surface area (Å²) in [5, 5.41) is 2.72. The number of nitrogens with zero attached hydrogens (tertiary/aromatic N) is 1. The summed E-state index contributed by atoms with van der Waals surface area (Å²) in [6.45, 7) is 2.76. The van der Waals surface area contributed by atoms with Crippen molar-refractivity contribution in [1.82, 2.24) is 10.2 Å². The molecule has 0 aliphatic carbocycles. The minimum Gasteiger partial charge on any atom is -0.343 e. The molecule has 1 aliphatic rings. The third-order valence-electron chi connectivity index (χ3n) is 3.42. The SMILES string of the molecule is CCC1NC(=O)CN(CCCc2ccccc2)C1=O. The number of carbonyl (C=O) groups excluding carboxylic acids is 2. The summed E-state index contributed by atoms with van der Waals surface area (Å²) in [4.78, 5) is 25.2. The van der Waals surface area contributed by atoms with Crippen LogP contribution in [0.15, 0.2) is 30.3 Å². The van der Waals surface area contributed by atoms with Gasteiger partial charge in [-0.15, -0.1) is 0 Å². The highest BCUT2D eigenvalue weighted by Crippen LogP contribution is 2.08. The minimum absolute atomic E-state index is 0.0499. The lowest BCUT2D eigenvalue weighted by Crippen LogP contribution is -2.57. The summed E-state index contributed by atoms with van der Waals surface area (Å²) < 4.78 is 0. The predicted molar refractivity (Wildman–Crippen MR) is 73.6 cm³/mol. The molecule has 0 bridgehead atoms. The molecule has 1 atom stereocenters. The van der Waals surface area contributed by atoms with E-state index in [9.17, 15) is 9.59 Å². The van der Waals surface area contributed by atoms with E-state index in [4.69, 9.17) is 0 Å². The molecule has 0 aromatic heterocycles. The molecule has 4 nitrogen and oxygen atoms in total. The van der Waals surface area contributed by atoms with Crippen LogP contribution in [0.5, 0.6) is 0 Å². The number of hydrogen-bond donors (Lipinski definition) is 1. The van der Waals surface area contributed by atoms with Gasteiger partial charge in [-0.05, 0) is 24.8 Å². The van der Waals surface area contributed by atoms with Crippen LogP contribution in [-0.4, -0.2) is 35.8 Å². The highest BCUT2D eigenvalue weighted by molar-refractivity contribution is 5.94. The van der Waals surface area contributed by atoms with E-state index in [-0.39, 0.29) is 24.4 Å². The van der Waals surface area contributed by atoms with Gasteiger partial charge < -0.3 is 10.2 Å². The second-order valence-electron chi connectivity index (χ2n) is 4.88. The van der Waals surface area contributed by atoms with Crippen LogP contribution in [0.3, 0.4) is 0 Å². The molecule has 1 aliphatic heterocycles. The van der Waals surface area contributed by atoms with E-state index < -0.39 is 0 Å². The molecule has 1 N–H and O–H groups in total. The van der Waals surface area contributed by atoms with Crippen LogP contribution in [0.25, 0.3) is 0 Å². The van der Waals surface area contributed by atoms with Crippen molar-refractivity contribution in [3.63, 3.8) is 0 Å². The van der Waals surface area contributed by atoms with Crippen LogP contribution in [-0.2, 0) is 16.0 Å². The van der Waals surface area contributed by atoms with Gasteiger partial charge in [-0.1, -0.05) is 37.3 Å². The topological polar surface area (TPSA) is 49.4 Å². The molecule has 0 radical (unpaired) electrons. The third kappa shape index (κ3) is 3.56. The Bertz CT molecular complexity index is 445. The van der Waals surface area contributed by atoms with Gasteiger partial charge in [0.1, 0.15) is 6.04 Å². The fourth-order valence-corrected chi connectivity index (χ4v) is 2.36. The molecule has 0 spiro atoms. The molecule has 2 rings (SSSR count). The molecule has 1 fully saturated rings. The number of benzene rings is 1. The number of amides is 2. The smallest absolute Gasteiger partial charge is 0.245 e. The molecule has 0 saturated carbocycles. The number of carbonyl (C=O) groups is 2. The van der Waals surface area contributed by atoms with Gasteiger partial charge in [0.25, 0.3) is 0 Å². The molecule has 1 heterocycles. The van der Waals surface area contributed by atoms with Crippen LogP contribution in [0.4, 0.5) is 0 Å². The summed E-state index contributed by atoms with van der Waals surface area (Å²) in [7, 11) is 0. The van der Waals surface area contributed by atoms with Gasteiger partial charge in [-0.3, -0.25) is 9.59 Å². The minimum atomic E-state index is -0.335. The van der Waals surface area contributed by atoms with E-state index >= 15 is 0 Å². The normalized spacial score (nSPS) is 19.4. The largest absolute Gasteiger partial charge is 0.343 e. The van der Waals surface area contributed by atoms with E-state index in [0.717, 1.165) is 12.8 Å². The Balaban J connectivity index is 1.84. The van der Waals surface area contributed by atoms with Gasteiger partial charge in [0.2, 0.25) is 11.8 Å². The zero-order chi connectivity index (χ0) is 13.7. The Morgan fingerprint density at radius 2 is 2.00 bits per heavy atom. The first kappa shape index (κ1) is 13.6. The molecular formula is C15H20N2O2. The predicted octanol–water partition coefficient (Wildman–Crippen LogP) is 1.36. The lowest BCUT2D eigenvalue weighted by molar-refractivity contribution is -0.144. The highest BCUT2D eigenvalue weighted by Gasteiger charge is 2.30. The molecule has 1 aromatic carbocycles. The average Bonchev–Trinajstić information content (AvgIpc) is 2.43. The average molecular weight is 260 g/mol. The van der Waals surface area contributed by atoms with Crippen molar-refractivity contribution >= 4 is 11.8 Å². The van der Waals surface area contributed by atoms with Crippen molar-refractivity contribution in [3.05, 3.63) is 35.9 Å². The zero-order valence-electron chi connectivity index (χ0n) is 11.3. The Labute approximate surface area is 113 Å². The van der Waals surface area contributed by atoms with Gasteiger partial charge in [0.05, 0.1) is 6.54 Å². The van der Waals surface area contributed by atoms with Crippen molar-refractivity contribution in [2.45, 2.75) is 32.2 Å². The molecule has 102 valence electrons. The molecule has 19 heavy (non-hydrogen) atoms. The monoisotopic (exact) mass is 260 g/mol.